The molecule has 2 N–H and O–H groups in total. The lowest BCUT2D eigenvalue weighted by Crippen LogP contribution is -2.29. The van der Waals surface area contributed by atoms with E-state index in [1.165, 1.54) is 0 Å². The minimum absolute atomic E-state index is 0.163. The first-order valence-electron chi connectivity index (χ1n) is 5.86. The van der Waals surface area contributed by atoms with Crippen molar-refractivity contribution in [3.63, 3.8) is 0 Å². The number of ether oxygens (including phenoxy) is 2. The molecule has 5 nitrogen and oxygen atoms in total. The van der Waals surface area contributed by atoms with Gasteiger partial charge >= 0.3 is 0 Å². The summed E-state index contributed by atoms with van der Waals surface area (Å²) in [5.41, 5.74) is 6.06. The van der Waals surface area contributed by atoms with Crippen LogP contribution in [-0.4, -0.2) is 25.2 Å². The van der Waals surface area contributed by atoms with Crippen LogP contribution < -0.4 is 5.73 Å². The molecule has 0 saturated heterocycles. The van der Waals surface area contributed by atoms with Gasteiger partial charge in [-0.1, -0.05) is 32.3 Å². The van der Waals surface area contributed by atoms with E-state index in [-0.39, 0.29) is 11.7 Å². The number of anilines is 1. The van der Waals surface area contributed by atoms with Crippen LogP contribution in [0.2, 0.25) is 0 Å². The number of nitrogens with two attached hydrogens (primary N) is 1. The largest absolute Gasteiger partial charge is 0.368 e. The number of aromatic nitrogens is 1. The number of methoxy groups -OCH3 is 1. The molecule has 1 aromatic rings. The SMILES string of the molecule is CCCC(OC)OCC(C)(C)c1cc(N)on1. The van der Waals surface area contributed by atoms with Crippen molar-refractivity contribution >= 4 is 5.88 Å². The molecular weight excluding hydrogens is 220 g/mol. The summed E-state index contributed by atoms with van der Waals surface area (Å²) in [6.45, 7) is 6.67. The van der Waals surface area contributed by atoms with Gasteiger partial charge in [-0.25, -0.2) is 0 Å². The van der Waals surface area contributed by atoms with Gasteiger partial charge in [0.25, 0.3) is 0 Å². The highest BCUT2D eigenvalue weighted by Gasteiger charge is 2.26. The van der Waals surface area contributed by atoms with Crippen molar-refractivity contribution < 1.29 is 14.0 Å². The maximum Gasteiger partial charge on any atom is 0.222 e. The van der Waals surface area contributed by atoms with Crippen LogP contribution in [0.4, 0.5) is 5.88 Å². The molecule has 1 heterocycles. The lowest BCUT2D eigenvalue weighted by atomic mass is 9.90. The van der Waals surface area contributed by atoms with Crippen LogP contribution in [-0.2, 0) is 14.9 Å². The van der Waals surface area contributed by atoms with Crippen molar-refractivity contribution in [3.8, 4) is 0 Å². The quantitative estimate of drug-likeness (QED) is 0.743. The van der Waals surface area contributed by atoms with E-state index in [4.69, 9.17) is 19.7 Å². The first-order chi connectivity index (χ1) is 7.99. The third-order valence-electron chi connectivity index (χ3n) is 2.64. The molecule has 17 heavy (non-hydrogen) atoms. The smallest absolute Gasteiger partial charge is 0.222 e. The molecule has 0 radical (unpaired) electrons. The molecule has 0 aliphatic rings. The summed E-state index contributed by atoms with van der Waals surface area (Å²) >= 11 is 0. The van der Waals surface area contributed by atoms with Gasteiger partial charge in [0, 0.05) is 18.6 Å². The standard InChI is InChI=1S/C12H22N2O3/c1-5-6-11(15-4)16-8-12(2,3)9-7-10(13)17-14-9/h7,11H,5-6,8,13H2,1-4H3. The van der Waals surface area contributed by atoms with E-state index in [0.29, 0.717) is 12.5 Å². The number of nitrogen functional groups attached to an aromatic ring is 1. The van der Waals surface area contributed by atoms with Gasteiger partial charge in [-0.05, 0) is 6.42 Å². The van der Waals surface area contributed by atoms with Gasteiger partial charge in [-0.2, -0.15) is 0 Å². The summed E-state index contributed by atoms with van der Waals surface area (Å²) in [5, 5.41) is 3.92. The monoisotopic (exact) mass is 242 g/mol. The topological polar surface area (TPSA) is 70.5 Å². The van der Waals surface area contributed by atoms with E-state index >= 15 is 0 Å². The lowest BCUT2D eigenvalue weighted by Gasteiger charge is -2.24. The summed E-state index contributed by atoms with van der Waals surface area (Å²) in [6.07, 6.45) is 1.74. The van der Waals surface area contributed by atoms with Crippen LogP contribution in [0.5, 0.6) is 0 Å². The number of nitrogens with zero attached hydrogens (tertiary/aromatic N) is 1. The predicted molar refractivity (Wildman–Crippen MR) is 65.6 cm³/mol. The molecular formula is C12H22N2O3. The van der Waals surface area contributed by atoms with E-state index < -0.39 is 0 Å². The fraction of sp³-hybridized carbons (Fsp3) is 0.750. The Labute approximate surface area is 102 Å². The molecule has 98 valence electrons. The van der Waals surface area contributed by atoms with Crippen molar-refractivity contribution in [1.29, 1.82) is 0 Å². The van der Waals surface area contributed by atoms with Gasteiger partial charge < -0.3 is 19.7 Å². The average Bonchev–Trinajstić information content (AvgIpc) is 2.72. The van der Waals surface area contributed by atoms with Crippen LogP contribution in [0.25, 0.3) is 0 Å². The molecule has 1 aromatic heterocycles. The third-order valence-corrected chi connectivity index (χ3v) is 2.64. The van der Waals surface area contributed by atoms with Gasteiger partial charge in [0.2, 0.25) is 5.88 Å². The second-order valence-electron chi connectivity index (χ2n) is 4.76. The highest BCUT2D eigenvalue weighted by atomic mass is 16.7. The maximum absolute atomic E-state index is 5.72. The Morgan fingerprint density at radius 2 is 2.24 bits per heavy atom. The van der Waals surface area contributed by atoms with Crippen LogP contribution in [0.15, 0.2) is 10.6 Å². The van der Waals surface area contributed by atoms with Crippen molar-refractivity contribution in [2.24, 2.45) is 0 Å². The molecule has 0 aliphatic carbocycles. The van der Waals surface area contributed by atoms with Crippen molar-refractivity contribution in [1.82, 2.24) is 5.16 Å². The van der Waals surface area contributed by atoms with Crippen LogP contribution in [0.1, 0.15) is 39.3 Å². The van der Waals surface area contributed by atoms with E-state index in [9.17, 15) is 0 Å². The molecule has 0 spiro atoms. The highest BCUT2D eigenvalue weighted by Crippen LogP contribution is 2.24. The van der Waals surface area contributed by atoms with Gasteiger partial charge in [0.1, 0.15) is 0 Å². The first-order valence-corrected chi connectivity index (χ1v) is 5.86. The fourth-order valence-corrected chi connectivity index (χ4v) is 1.49. The van der Waals surface area contributed by atoms with Crippen LogP contribution in [0.3, 0.4) is 0 Å². The highest BCUT2D eigenvalue weighted by molar-refractivity contribution is 5.28. The third kappa shape index (κ3) is 4.02. The Morgan fingerprint density at radius 1 is 1.53 bits per heavy atom. The minimum Gasteiger partial charge on any atom is -0.368 e. The second kappa shape index (κ2) is 6.02. The van der Waals surface area contributed by atoms with Gasteiger partial charge in [-0.15, -0.1) is 0 Å². The van der Waals surface area contributed by atoms with Gasteiger partial charge in [0.15, 0.2) is 6.29 Å². The molecule has 1 unspecified atom stereocenters. The number of hydrogen-bond donors (Lipinski definition) is 1. The van der Waals surface area contributed by atoms with Crippen molar-refractivity contribution in [2.45, 2.75) is 45.3 Å². The van der Waals surface area contributed by atoms with E-state index in [1.54, 1.807) is 13.2 Å². The Bertz CT molecular complexity index is 336. The molecule has 0 amide bonds. The molecule has 1 atom stereocenters. The molecule has 5 heteroatoms. The van der Waals surface area contributed by atoms with E-state index in [1.807, 2.05) is 13.8 Å². The predicted octanol–water partition coefficient (Wildman–Crippen LogP) is 2.32. The van der Waals surface area contributed by atoms with Crippen LogP contribution >= 0.6 is 0 Å². The summed E-state index contributed by atoms with van der Waals surface area (Å²) in [6, 6.07) is 1.73. The van der Waals surface area contributed by atoms with E-state index in [0.717, 1.165) is 18.5 Å². The summed E-state index contributed by atoms with van der Waals surface area (Å²) < 4.78 is 15.8. The maximum atomic E-state index is 5.72. The average molecular weight is 242 g/mol. The van der Waals surface area contributed by atoms with Crippen molar-refractivity contribution in [3.05, 3.63) is 11.8 Å². The fourth-order valence-electron chi connectivity index (χ4n) is 1.49. The molecule has 1 rings (SSSR count). The minimum atomic E-state index is -0.244. The molecule has 0 aromatic carbocycles. The normalized spacial score (nSPS) is 13.9. The molecule has 0 saturated carbocycles. The van der Waals surface area contributed by atoms with Crippen LogP contribution in [0, 0.1) is 0 Å². The summed E-state index contributed by atoms with van der Waals surface area (Å²) in [7, 11) is 1.65. The Hall–Kier alpha value is -1.07. The Balaban J connectivity index is 2.54. The van der Waals surface area contributed by atoms with E-state index in [2.05, 4.69) is 12.1 Å². The first kappa shape index (κ1) is 14.0. The Morgan fingerprint density at radius 3 is 2.71 bits per heavy atom. The zero-order valence-electron chi connectivity index (χ0n) is 11.0. The number of hydrogen-bond acceptors (Lipinski definition) is 5. The molecule has 0 fully saturated rings. The zero-order chi connectivity index (χ0) is 12.9. The van der Waals surface area contributed by atoms with Gasteiger partial charge in [-0.3, -0.25) is 0 Å². The number of rotatable bonds is 7. The molecule has 0 bridgehead atoms. The van der Waals surface area contributed by atoms with Gasteiger partial charge in [0.05, 0.1) is 12.3 Å². The lowest BCUT2D eigenvalue weighted by molar-refractivity contribution is -0.137. The summed E-state index contributed by atoms with van der Waals surface area (Å²) in [5.74, 6) is 0.324. The van der Waals surface area contributed by atoms with Crippen molar-refractivity contribution in [2.75, 3.05) is 19.5 Å². The molecule has 0 aliphatic heterocycles. The zero-order valence-corrected chi connectivity index (χ0v) is 11.0. The summed E-state index contributed by atoms with van der Waals surface area (Å²) in [4.78, 5) is 0. The second-order valence-corrected chi connectivity index (χ2v) is 4.76. The Kier molecular flexibility index (Phi) is 4.96.